The largest absolute Gasteiger partial charge is 0.480 e. The van der Waals surface area contributed by atoms with E-state index < -0.39 is 5.97 Å². The highest BCUT2D eigenvalue weighted by Gasteiger charge is 2.12. The third-order valence-corrected chi connectivity index (χ3v) is 3.58. The molecule has 0 saturated heterocycles. The van der Waals surface area contributed by atoms with Gasteiger partial charge in [0, 0.05) is 28.6 Å². The van der Waals surface area contributed by atoms with Crippen LogP contribution in [-0.2, 0) is 4.79 Å². The lowest BCUT2D eigenvalue weighted by molar-refractivity contribution is -0.135. The number of carbonyl (C=O) groups is 1. The number of halogens is 1. The topological polar surface area (TPSA) is 66.3 Å². The Bertz CT molecular complexity index is 556. The summed E-state index contributed by atoms with van der Waals surface area (Å²) in [6.45, 7) is -0.0883. The summed E-state index contributed by atoms with van der Waals surface area (Å²) in [6.07, 6.45) is 0. The van der Waals surface area contributed by atoms with Gasteiger partial charge in [-0.25, -0.2) is 0 Å². The molecule has 2 rings (SSSR count). The van der Waals surface area contributed by atoms with Crippen molar-refractivity contribution in [2.75, 3.05) is 18.5 Å². The first kappa shape index (κ1) is 13.0. The van der Waals surface area contributed by atoms with Gasteiger partial charge in [0.2, 0.25) is 5.13 Å². The number of hydrogen-bond acceptors (Lipinski definition) is 5. The van der Waals surface area contributed by atoms with E-state index in [1.54, 1.807) is 11.9 Å². The van der Waals surface area contributed by atoms with Gasteiger partial charge in [-0.05, 0) is 12.1 Å². The van der Waals surface area contributed by atoms with Crippen molar-refractivity contribution in [3.05, 3.63) is 28.7 Å². The molecule has 0 unspecified atom stereocenters. The van der Waals surface area contributed by atoms with Crippen molar-refractivity contribution >= 4 is 38.6 Å². The van der Waals surface area contributed by atoms with Crippen LogP contribution in [0.25, 0.3) is 11.4 Å². The highest BCUT2D eigenvalue weighted by atomic mass is 79.9. The Morgan fingerprint density at radius 3 is 2.72 bits per heavy atom. The molecule has 0 spiro atoms. The van der Waals surface area contributed by atoms with Crippen molar-refractivity contribution in [3.63, 3.8) is 0 Å². The van der Waals surface area contributed by atoms with Crippen LogP contribution in [0.3, 0.4) is 0 Å². The number of rotatable bonds is 4. The molecule has 1 heterocycles. The molecule has 1 aromatic heterocycles. The summed E-state index contributed by atoms with van der Waals surface area (Å²) >= 11 is 4.55. The van der Waals surface area contributed by atoms with Crippen LogP contribution in [0.15, 0.2) is 28.7 Å². The monoisotopic (exact) mass is 327 g/mol. The fraction of sp³-hybridized carbons (Fsp3) is 0.182. The van der Waals surface area contributed by atoms with E-state index in [9.17, 15) is 4.79 Å². The zero-order valence-corrected chi connectivity index (χ0v) is 11.9. The van der Waals surface area contributed by atoms with Crippen LogP contribution >= 0.6 is 27.5 Å². The zero-order chi connectivity index (χ0) is 13.1. The number of likely N-dealkylation sites (N-methyl/N-ethyl adjacent to an activating group) is 1. The third kappa shape index (κ3) is 3.05. The second-order valence-corrected chi connectivity index (χ2v) is 5.30. The second kappa shape index (κ2) is 5.45. The Hall–Kier alpha value is -1.47. The molecule has 0 aliphatic rings. The average Bonchev–Trinajstić information content (AvgIpc) is 2.78. The maximum atomic E-state index is 10.6. The number of benzene rings is 1. The minimum absolute atomic E-state index is 0.0883. The van der Waals surface area contributed by atoms with Gasteiger partial charge in [0.05, 0.1) is 0 Å². The van der Waals surface area contributed by atoms with Crippen molar-refractivity contribution in [2.45, 2.75) is 0 Å². The molecule has 0 amide bonds. The van der Waals surface area contributed by atoms with Crippen LogP contribution in [0, 0.1) is 0 Å². The van der Waals surface area contributed by atoms with Crippen LogP contribution in [0.2, 0.25) is 0 Å². The SMILES string of the molecule is CN(CC(=O)O)c1nc(-c2ccc(Br)cc2)ns1. The van der Waals surface area contributed by atoms with E-state index in [1.807, 2.05) is 24.3 Å². The van der Waals surface area contributed by atoms with E-state index in [-0.39, 0.29) is 6.54 Å². The summed E-state index contributed by atoms with van der Waals surface area (Å²) in [6, 6.07) is 7.65. The predicted molar refractivity (Wildman–Crippen MR) is 74.0 cm³/mol. The number of aromatic nitrogens is 2. The Morgan fingerprint density at radius 1 is 1.44 bits per heavy atom. The van der Waals surface area contributed by atoms with Crippen molar-refractivity contribution in [3.8, 4) is 11.4 Å². The maximum Gasteiger partial charge on any atom is 0.323 e. The van der Waals surface area contributed by atoms with Gasteiger partial charge in [0.25, 0.3) is 0 Å². The molecule has 7 heteroatoms. The molecule has 0 fully saturated rings. The molecule has 0 bridgehead atoms. The summed E-state index contributed by atoms with van der Waals surface area (Å²) in [5.74, 6) is -0.280. The first-order valence-electron chi connectivity index (χ1n) is 5.09. The minimum Gasteiger partial charge on any atom is -0.480 e. The Balaban J connectivity index is 2.19. The standard InChI is InChI=1S/C11H10BrN3O2S/c1-15(6-9(16)17)11-13-10(14-18-11)7-2-4-8(12)5-3-7/h2-5H,6H2,1H3,(H,16,17). The summed E-state index contributed by atoms with van der Waals surface area (Å²) in [4.78, 5) is 16.5. The summed E-state index contributed by atoms with van der Waals surface area (Å²) in [5, 5.41) is 9.30. The van der Waals surface area contributed by atoms with E-state index in [2.05, 4.69) is 25.3 Å². The predicted octanol–water partition coefficient (Wildman–Crippen LogP) is 2.49. The molecule has 0 aliphatic heterocycles. The molecule has 18 heavy (non-hydrogen) atoms. The van der Waals surface area contributed by atoms with Gasteiger partial charge in [-0.1, -0.05) is 28.1 Å². The van der Waals surface area contributed by atoms with Crippen molar-refractivity contribution in [1.29, 1.82) is 0 Å². The van der Waals surface area contributed by atoms with Crippen LogP contribution in [0.1, 0.15) is 0 Å². The second-order valence-electron chi connectivity index (χ2n) is 3.66. The number of carboxylic acids is 1. The van der Waals surface area contributed by atoms with Crippen molar-refractivity contribution in [1.82, 2.24) is 9.36 Å². The molecule has 0 aliphatic carbocycles. The van der Waals surface area contributed by atoms with Crippen LogP contribution in [0.5, 0.6) is 0 Å². The van der Waals surface area contributed by atoms with E-state index in [0.717, 1.165) is 10.0 Å². The number of nitrogens with zero attached hydrogens (tertiary/aromatic N) is 3. The zero-order valence-electron chi connectivity index (χ0n) is 9.50. The Kier molecular flexibility index (Phi) is 3.93. The lowest BCUT2D eigenvalue weighted by Gasteiger charge is -2.10. The average molecular weight is 328 g/mol. The Labute approximate surface area is 116 Å². The first-order valence-corrected chi connectivity index (χ1v) is 6.65. The first-order chi connectivity index (χ1) is 8.56. The normalized spacial score (nSPS) is 10.3. The van der Waals surface area contributed by atoms with E-state index in [0.29, 0.717) is 11.0 Å². The minimum atomic E-state index is -0.891. The molecule has 1 N–H and O–H groups in total. The van der Waals surface area contributed by atoms with Gasteiger partial charge in [0.1, 0.15) is 6.54 Å². The number of carboxylic acid groups (broad SMARTS) is 1. The lowest BCUT2D eigenvalue weighted by atomic mass is 10.2. The van der Waals surface area contributed by atoms with Crippen LogP contribution in [-0.4, -0.2) is 34.0 Å². The van der Waals surface area contributed by atoms with E-state index in [1.165, 1.54) is 11.5 Å². The summed E-state index contributed by atoms with van der Waals surface area (Å²) in [5.41, 5.74) is 0.907. The van der Waals surface area contributed by atoms with Crippen LogP contribution in [0.4, 0.5) is 5.13 Å². The van der Waals surface area contributed by atoms with Crippen LogP contribution < -0.4 is 4.90 Å². The Morgan fingerprint density at radius 2 is 2.11 bits per heavy atom. The van der Waals surface area contributed by atoms with Gasteiger partial charge in [0.15, 0.2) is 5.82 Å². The number of hydrogen-bond donors (Lipinski definition) is 1. The molecule has 0 saturated carbocycles. The fourth-order valence-electron chi connectivity index (χ4n) is 1.36. The van der Waals surface area contributed by atoms with Crippen molar-refractivity contribution < 1.29 is 9.90 Å². The number of aliphatic carboxylic acids is 1. The molecule has 2 aromatic rings. The molecule has 1 aromatic carbocycles. The summed E-state index contributed by atoms with van der Waals surface area (Å²) in [7, 11) is 1.68. The fourth-order valence-corrected chi connectivity index (χ4v) is 2.27. The van der Waals surface area contributed by atoms with Crippen molar-refractivity contribution in [2.24, 2.45) is 0 Å². The molecule has 0 atom stereocenters. The van der Waals surface area contributed by atoms with Gasteiger partial charge < -0.3 is 10.0 Å². The highest BCUT2D eigenvalue weighted by molar-refractivity contribution is 9.10. The molecule has 94 valence electrons. The molecule has 5 nitrogen and oxygen atoms in total. The van der Waals surface area contributed by atoms with E-state index in [4.69, 9.17) is 5.11 Å². The van der Waals surface area contributed by atoms with Gasteiger partial charge >= 0.3 is 5.97 Å². The highest BCUT2D eigenvalue weighted by Crippen LogP contribution is 2.24. The maximum absolute atomic E-state index is 10.6. The quantitative estimate of drug-likeness (QED) is 0.934. The van der Waals surface area contributed by atoms with E-state index >= 15 is 0 Å². The summed E-state index contributed by atoms with van der Waals surface area (Å²) < 4.78 is 5.22. The molecular formula is C11H10BrN3O2S. The smallest absolute Gasteiger partial charge is 0.323 e. The lowest BCUT2D eigenvalue weighted by Crippen LogP contribution is -2.24. The molecular weight excluding hydrogens is 318 g/mol. The number of anilines is 1. The van der Waals surface area contributed by atoms with Gasteiger partial charge in [-0.15, -0.1) is 0 Å². The van der Waals surface area contributed by atoms with Gasteiger partial charge in [-0.2, -0.15) is 9.36 Å². The molecule has 0 radical (unpaired) electrons. The third-order valence-electron chi connectivity index (χ3n) is 2.22. The van der Waals surface area contributed by atoms with Gasteiger partial charge in [-0.3, -0.25) is 4.79 Å².